The third-order valence-electron chi connectivity index (χ3n) is 6.26. The number of carbonyl (C=O) groups is 3. The Morgan fingerprint density at radius 1 is 0.950 bits per heavy atom. The summed E-state index contributed by atoms with van der Waals surface area (Å²) in [6.07, 6.45) is 4.65. The summed E-state index contributed by atoms with van der Waals surface area (Å²) < 4.78 is 23.6. The van der Waals surface area contributed by atoms with E-state index in [4.69, 9.17) is 24.0 Å². The number of para-hydroxylation sites is 1. The molecule has 4 aromatic rings. The van der Waals surface area contributed by atoms with Crippen LogP contribution >= 0.6 is 0 Å². The molecule has 0 saturated heterocycles. The minimum absolute atomic E-state index is 0.0785. The van der Waals surface area contributed by atoms with Gasteiger partial charge < -0.3 is 24.3 Å². The van der Waals surface area contributed by atoms with Crippen LogP contribution in [0.3, 0.4) is 0 Å². The number of Topliss-reactive ketones (excluding diaryl/α,β-unsaturated/α-hetero) is 1. The van der Waals surface area contributed by atoms with Crippen molar-refractivity contribution < 1.29 is 33.3 Å². The molecule has 1 aromatic heterocycles. The third kappa shape index (κ3) is 5.28. The molecular formula is C30H23N3O7. The molecule has 3 heterocycles. The Kier molecular flexibility index (Phi) is 6.72. The molecular weight excluding hydrogens is 514 g/mol. The van der Waals surface area contributed by atoms with Crippen LogP contribution < -0.4 is 19.5 Å². The van der Waals surface area contributed by atoms with Crippen LogP contribution in [0.5, 0.6) is 17.2 Å². The zero-order valence-corrected chi connectivity index (χ0v) is 21.2. The van der Waals surface area contributed by atoms with Gasteiger partial charge in [-0.2, -0.15) is 5.10 Å². The molecule has 0 atom stereocenters. The Morgan fingerprint density at radius 3 is 2.60 bits per heavy atom. The van der Waals surface area contributed by atoms with Gasteiger partial charge in [-0.1, -0.05) is 18.2 Å². The standard InChI is InChI=1S/C30H23N3O7/c34-24(19-6-9-25-23(14-19)31-28(35)18-39-25)17-40-29(36)11-8-21-16-33(22-4-2-1-3-5-22)32-30(21)20-7-10-26-27(15-20)38-13-12-37-26/h1-11,14-16H,12-13,17-18H2,(H,31,35)/b11-8+. The van der Waals surface area contributed by atoms with Gasteiger partial charge in [0.1, 0.15) is 24.7 Å². The molecule has 2 aliphatic heterocycles. The quantitative estimate of drug-likeness (QED) is 0.213. The molecule has 0 spiro atoms. The van der Waals surface area contributed by atoms with E-state index in [1.165, 1.54) is 12.1 Å². The number of amides is 1. The number of ketones is 1. The van der Waals surface area contributed by atoms with Crippen molar-refractivity contribution in [1.29, 1.82) is 0 Å². The first-order valence-corrected chi connectivity index (χ1v) is 12.5. The molecule has 0 fully saturated rings. The van der Waals surface area contributed by atoms with E-state index in [0.717, 1.165) is 11.3 Å². The summed E-state index contributed by atoms with van der Waals surface area (Å²) in [5, 5.41) is 7.40. The van der Waals surface area contributed by atoms with Gasteiger partial charge in [0.15, 0.2) is 30.5 Å². The summed E-state index contributed by atoms with van der Waals surface area (Å²) in [7, 11) is 0. The molecule has 0 unspecified atom stereocenters. The number of rotatable bonds is 7. The second kappa shape index (κ2) is 10.8. The number of esters is 1. The Hall–Kier alpha value is -5.38. The van der Waals surface area contributed by atoms with Gasteiger partial charge in [0.2, 0.25) is 0 Å². The number of benzene rings is 3. The van der Waals surface area contributed by atoms with Crippen molar-refractivity contribution >= 4 is 29.4 Å². The van der Waals surface area contributed by atoms with Crippen molar-refractivity contribution in [3.8, 4) is 34.2 Å². The fourth-order valence-corrected chi connectivity index (χ4v) is 4.32. The van der Waals surface area contributed by atoms with Crippen molar-refractivity contribution in [3.05, 3.63) is 90.1 Å². The topological polar surface area (TPSA) is 118 Å². The Morgan fingerprint density at radius 2 is 1.75 bits per heavy atom. The highest BCUT2D eigenvalue weighted by atomic mass is 16.6. The van der Waals surface area contributed by atoms with E-state index < -0.39 is 18.4 Å². The Labute approximate surface area is 228 Å². The van der Waals surface area contributed by atoms with Gasteiger partial charge in [0, 0.05) is 29.0 Å². The van der Waals surface area contributed by atoms with Crippen LogP contribution in [0.4, 0.5) is 5.69 Å². The molecule has 1 amide bonds. The first-order valence-electron chi connectivity index (χ1n) is 12.5. The van der Waals surface area contributed by atoms with E-state index in [9.17, 15) is 14.4 Å². The van der Waals surface area contributed by atoms with E-state index in [2.05, 4.69) is 5.32 Å². The van der Waals surface area contributed by atoms with Gasteiger partial charge in [0.05, 0.1) is 11.4 Å². The smallest absolute Gasteiger partial charge is 0.331 e. The van der Waals surface area contributed by atoms with Crippen molar-refractivity contribution in [3.63, 3.8) is 0 Å². The largest absolute Gasteiger partial charge is 0.486 e. The highest BCUT2D eigenvalue weighted by Crippen LogP contribution is 2.35. The molecule has 200 valence electrons. The maximum atomic E-state index is 12.6. The zero-order valence-electron chi connectivity index (χ0n) is 21.2. The van der Waals surface area contributed by atoms with E-state index in [0.29, 0.717) is 47.4 Å². The molecule has 0 saturated carbocycles. The summed E-state index contributed by atoms with van der Waals surface area (Å²) in [6.45, 7) is 0.408. The van der Waals surface area contributed by atoms with E-state index in [1.807, 2.05) is 48.5 Å². The summed E-state index contributed by atoms with van der Waals surface area (Å²) >= 11 is 0. The second-order valence-electron chi connectivity index (χ2n) is 8.98. The molecule has 2 aliphatic rings. The number of nitrogens with one attached hydrogen (secondary N) is 1. The van der Waals surface area contributed by atoms with Crippen molar-refractivity contribution in [2.45, 2.75) is 0 Å². The average Bonchev–Trinajstić information content (AvgIpc) is 3.43. The van der Waals surface area contributed by atoms with Gasteiger partial charge in [-0.25, -0.2) is 9.48 Å². The minimum atomic E-state index is -0.691. The molecule has 6 rings (SSSR count). The van der Waals surface area contributed by atoms with Crippen LogP contribution in [-0.2, 0) is 14.3 Å². The first-order chi connectivity index (χ1) is 19.5. The van der Waals surface area contributed by atoms with Crippen LogP contribution in [-0.4, -0.2) is 53.9 Å². The fraction of sp³-hybridized carbons (Fsp3) is 0.133. The lowest BCUT2D eigenvalue weighted by Crippen LogP contribution is -2.25. The van der Waals surface area contributed by atoms with Gasteiger partial charge in [0.25, 0.3) is 5.91 Å². The first kappa shape index (κ1) is 24.9. The molecule has 0 aliphatic carbocycles. The van der Waals surface area contributed by atoms with Crippen LogP contribution in [0.25, 0.3) is 23.0 Å². The molecule has 3 aromatic carbocycles. The molecule has 0 radical (unpaired) electrons. The van der Waals surface area contributed by atoms with E-state index >= 15 is 0 Å². The summed E-state index contributed by atoms with van der Waals surface area (Å²) in [6, 6.07) is 19.8. The van der Waals surface area contributed by atoms with Gasteiger partial charge in [-0.3, -0.25) is 9.59 Å². The Balaban J connectivity index is 1.19. The number of aromatic nitrogens is 2. The highest BCUT2D eigenvalue weighted by molar-refractivity contribution is 6.02. The van der Waals surface area contributed by atoms with Crippen LogP contribution in [0.1, 0.15) is 15.9 Å². The number of anilines is 1. The monoisotopic (exact) mass is 537 g/mol. The molecule has 10 nitrogen and oxygen atoms in total. The number of fused-ring (bicyclic) bond motifs is 2. The summed E-state index contributed by atoms with van der Waals surface area (Å²) in [5.74, 6) is 0.346. The number of hydrogen-bond donors (Lipinski definition) is 1. The fourth-order valence-electron chi connectivity index (χ4n) is 4.32. The van der Waals surface area contributed by atoms with Crippen LogP contribution in [0.2, 0.25) is 0 Å². The van der Waals surface area contributed by atoms with Gasteiger partial charge >= 0.3 is 5.97 Å². The highest BCUT2D eigenvalue weighted by Gasteiger charge is 2.19. The van der Waals surface area contributed by atoms with Crippen molar-refractivity contribution in [2.75, 3.05) is 31.7 Å². The SMILES string of the molecule is O=C1COc2ccc(C(=O)COC(=O)/C=C/c3cn(-c4ccccc4)nc3-c3ccc4c(c3)OCCO4)cc2N1. The number of ether oxygens (including phenoxy) is 4. The minimum Gasteiger partial charge on any atom is -0.486 e. The maximum absolute atomic E-state index is 12.6. The number of nitrogens with zero attached hydrogens (tertiary/aromatic N) is 2. The zero-order chi connectivity index (χ0) is 27.5. The summed E-state index contributed by atoms with van der Waals surface area (Å²) in [5.41, 5.74) is 3.60. The van der Waals surface area contributed by atoms with Crippen molar-refractivity contribution in [1.82, 2.24) is 9.78 Å². The molecule has 40 heavy (non-hydrogen) atoms. The average molecular weight is 538 g/mol. The lowest BCUT2D eigenvalue weighted by molar-refractivity contribution is -0.136. The third-order valence-corrected chi connectivity index (χ3v) is 6.26. The van der Waals surface area contributed by atoms with Gasteiger partial charge in [-0.05, 0) is 54.6 Å². The molecule has 0 bridgehead atoms. The lowest BCUT2D eigenvalue weighted by Gasteiger charge is -2.18. The van der Waals surface area contributed by atoms with Crippen LogP contribution in [0, 0.1) is 0 Å². The predicted octanol–water partition coefficient (Wildman–Crippen LogP) is 4.08. The normalized spacial score (nSPS) is 13.8. The lowest BCUT2D eigenvalue weighted by atomic mass is 10.1. The van der Waals surface area contributed by atoms with E-state index in [-0.39, 0.29) is 18.1 Å². The number of carbonyl (C=O) groups excluding carboxylic acids is 3. The maximum Gasteiger partial charge on any atom is 0.331 e. The summed E-state index contributed by atoms with van der Waals surface area (Å²) in [4.78, 5) is 36.7. The van der Waals surface area contributed by atoms with Crippen molar-refractivity contribution in [2.24, 2.45) is 0 Å². The van der Waals surface area contributed by atoms with E-state index in [1.54, 1.807) is 29.1 Å². The van der Waals surface area contributed by atoms with Gasteiger partial charge in [-0.15, -0.1) is 0 Å². The van der Waals surface area contributed by atoms with Crippen LogP contribution in [0.15, 0.2) is 79.0 Å². The molecule has 10 heteroatoms. The second-order valence-corrected chi connectivity index (χ2v) is 8.98. The molecule has 1 N–H and O–H groups in total. The number of hydrogen-bond acceptors (Lipinski definition) is 8. The predicted molar refractivity (Wildman–Crippen MR) is 145 cm³/mol. The Bertz CT molecular complexity index is 1640.